The lowest BCUT2D eigenvalue weighted by Crippen LogP contribution is -1.90. The molecule has 2 aromatic rings. The molecule has 0 amide bonds. The first kappa shape index (κ1) is 12.5. The number of hydrogen-bond acceptors (Lipinski definition) is 2. The molecule has 2 nitrogen and oxygen atoms in total. The molecule has 0 fully saturated rings. The van der Waals surface area contributed by atoms with E-state index in [4.69, 9.17) is 9.47 Å². The summed E-state index contributed by atoms with van der Waals surface area (Å²) >= 11 is 0. The quantitative estimate of drug-likeness (QED) is 0.824. The second kappa shape index (κ2) is 5.25. The fourth-order valence-electron chi connectivity index (χ4n) is 2.42. The van der Waals surface area contributed by atoms with Gasteiger partial charge in [-0.25, -0.2) is 0 Å². The molecule has 1 aliphatic rings. The molecule has 2 aromatic carbocycles. The van der Waals surface area contributed by atoms with E-state index in [1.807, 2.05) is 18.2 Å². The van der Waals surface area contributed by atoms with Crippen LogP contribution in [-0.2, 0) is 0 Å². The second-order valence-electron chi connectivity index (χ2n) is 4.63. The standard InChI is InChI=1S/C18H16O2/c1-19-17-10-7-13(12-18(17)20-2)11-15-9-8-14-5-3-4-6-16(14)15/h3-12H,1-2H3/b15-11+. The Morgan fingerprint density at radius 3 is 2.45 bits per heavy atom. The number of ether oxygens (including phenoxy) is 2. The average Bonchev–Trinajstić information content (AvgIpc) is 2.90. The van der Waals surface area contributed by atoms with Crippen molar-refractivity contribution in [2.75, 3.05) is 14.2 Å². The van der Waals surface area contributed by atoms with Gasteiger partial charge in [0.1, 0.15) is 0 Å². The molecule has 0 bridgehead atoms. The average molecular weight is 264 g/mol. The van der Waals surface area contributed by atoms with Crippen LogP contribution in [0.2, 0.25) is 0 Å². The van der Waals surface area contributed by atoms with Gasteiger partial charge in [0.2, 0.25) is 0 Å². The third-order valence-corrected chi connectivity index (χ3v) is 3.44. The molecule has 0 heterocycles. The molecule has 2 heteroatoms. The van der Waals surface area contributed by atoms with Gasteiger partial charge in [-0.05, 0) is 40.5 Å². The number of methoxy groups -OCH3 is 2. The molecule has 0 spiro atoms. The molecule has 0 aromatic heterocycles. The van der Waals surface area contributed by atoms with Gasteiger partial charge in [-0.3, -0.25) is 0 Å². The van der Waals surface area contributed by atoms with Crippen molar-refractivity contribution >= 4 is 17.7 Å². The molecule has 0 radical (unpaired) electrons. The number of benzene rings is 2. The molecule has 3 rings (SSSR count). The summed E-state index contributed by atoms with van der Waals surface area (Å²) in [5, 5.41) is 0. The maximum absolute atomic E-state index is 5.34. The van der Waals surface area contributed by atoms with E-state index in [1.54, 1.807) is 14.2 Å². The van der Waals surface area contributed by atoms with Crippen LogP contribution >= 0.6 is 0 Å². The molecule has 20 heavy (non-hydrogen) atoms. The van der Waals surface area contributed by atoms with Gasteiger partial charge in [0, 0.05) is 0 Å². The zero-order valence-corrected chi connectivity index (χ0v) is 11.6. The zero-order valence-electron chi connectivity index (χ0n) is 11.6. The van der Waals surface area contributed by atoms with E-state index in [-0.39, 0.29) is 0 Å². The first-order valence-corrected chi connectivity index (χ1v) is 6.53. The Morgan fingerprint density at radius 2 is 1.65 bits per heavy atom. The van der Waals surface area contributed by atoms with E-state index in [0.717, 1.165) is 17.1 Å². The summed E-state index contributed by atoms with van der Waals surface area (Å²) in [6, 6.07) is 14.3. The normalized spacial score (nSPS) is 14.4. The lowest BCUT2D eigenvalue weighted by atomic mass is 10.0. The highest BCUT2D eigenvalue weighted by Crippen LogP contribution is 2.33. The van der Waals surface area contributed by atoms with Crippen molar-refractivity contribution in [2.45, 2.75) is 0 Å². The van der Waals surface area contributed by atoms with E-state index in [9.17, 15) is 0 Å². The van der Waals surface area contributed by atoms with Gasteiger partial charge in [-0.15, -0.1) is 0 Å². The van der Waals surface area contributed by atoms with Crippen molar-refractivity contribution < 1.29 is 9.47 Å². The van der Waals surface area contributed by atoms with E-state index < -0.39 is 0 Å². The van der Waals surface area contributed by atoms with Crippen molar-refractivity contribution in [3.8, 4) is 11.5 Å². The third kappa shape index (κ3) is 2.21. The molecule has 0 saturated heterocycles. The van der Waals surface area contributed by atoms with Crippen molar-refractivity contribution in [1.82, 2.24) is 0 Å². The Bertz CT molecular complexity index is 696. The Labute approximate surface area is 119 Å². The Balaban J connectivity index is 2.00. The Hall–Kier alpha value is -2.48. The smallest absolute Gasteiger partial charge is 0.161 e. The van der Waals surface area contributed by atoms with E-state index >= 15 is 0 Å². The summed E-state index contributed by atoms with van der Waals surface area (Å²) in [6.07, 6.45) is 6.44. The van der Waals surface area contributed by atoms with Crippen LogP contribution in [0.5, 0.6) is 11.5 Å². The monoisotopic (exact) mass is 264 g/mol. The fourth-order valence-corrected chi connectivity index (χ4v) is 2.42. The molecule has 0 N–H and O–H groups in total. The summed E-state index contributed by atoms with van der Waals surface area (Å²) in [4.78, 5) is 0. The second-order valence-corrected chi connectivity index (χ2v) is 4.63. The van der Waals surface area contributed by atoms with Crippen molar-refractivity contribution in [1.29, 1.82) is 0 Å². The van der Waals surface area contributed by atoms with E-state index in [1.165, 1.54) is 16.7 Å². The van der Waals surface area contributed by atoms with Gasteiger partial charge >= 0.3 is 0 Å². The van der Waals surface area contributed by atoms with Gasteiger partial charge in [0.05, 0.1) is 14.2 Å². The van der Waals surface area contributed by atoms with E-state index in [2.05, 4.69) is 42.5 Å². The van der Waals surface area contributed by atoms with Crippen LogP contribution in [-0.4, -0.2) is 14.2 Å². The number of hydrogen-bond donors (Lipinski definition) is 0. The zero-order chi connectivity index (χ0) is 13.9. The van der Waals surface area contributed by atoms with Crippen LogP contribution in [0, 0.1) is 0 Å². The Kier molecular flexibility index (Phi) is 3.30. The highest BCUT2D eigenvalue weighted by Gasteiger charge is 2.10. The molecule has 0 aliphatic heterocycles. The summed E-state index contributed by atoms with van der Waals surface area (Å²) in [7, 11) is 3.30. The van der Waals surface area contributed by atoms with E-state index in [0.29, 0.717) is 0 Å². The predicted molar refractivity (Wildman–Crippen MR) is 82.9 cm³/mol. The first-order valence-electron chi connectivity index (χ1n) is 6.53. The van der Waals surface area contributed by atoms with Crippen LogP contribution < -0.4 is 9.47 Å². The SMILES string of the molecule is COc1ccc(/C=C2\C=Cc3ccccc32)cc1OC. The molecule has 1 aliphatic carbocycles. The summed E-state index contributed by atoms with van der Waals surface area (Å²) in [5.41, 5.74) is 4.84. The molecule has 0 unspecified atom stereocenters. The summed E-state index contributed by atoms with van der Waals surface area (Å²) in [5.74, 6) is 1.49. The molecule has 0 atom stereocenters. The molecule has 0 saturated carbocycles. The summed E-state index contributed by atoms with van der Waals surface area (Å²) < 4.78 is 10.6. The molecular formula is C18H16O2. The minimum absolute atomic E-state index is 0.747. The highest BCUT2D eigenvalue weighted by atomic mass is 16.5. The number of fused-ring (bicyclic) bond motifs is 1. The van der Waals surface area contributed by atoms with Crippen LogP contribution in [0.25, 0.3) is 17.7 Å². The minimum atomic E-state index is 0.747. The predicted octanol–water partition coefficient (Wildman–Crippen LogP) is 4.27. The summed E-state index contributed by atoms with van der Waals surface area (Å²) in [6.45, 7) is 0. The minimum Gasteiger partial charge on any atom is -0.493 e. The lowest BCUT2D eigenvalue weighted by Gasteiger charge is -2.08. The van der Waals surface area contributed by atoms with Crippen LogP contribution in [0.4, 0.5) is 0 Å². The Morgan fingerprint density at radius 1 is 0.850 bits per heavy atom. The maximum atomic E-state index is 5.34. The van der Waals surface area contributed by atoms with Crippen molar-refractivity contribution in [3.63, 3.8) is 0 Å². The topological polar surface area (TPSA) is 18.5 Å². The van der Waals surface area contributed by atoms with Crippen LogP contribution in [0.15, 0.2) is 48.5 Å². The van der Waals surface area contributed by atoms with Crippen LogP contribution in [0.3, 0.4) is 0 Å². The maximum Gasteiger partial charge on any atom is 0.161 e. The molecular weight excluding hydrogens is 248 g/mol. The third-order valence-electron chi connectivity index (χ3n) is 3.44. The molecule has 100 valence electrons. The lowest BCUT2D eigenvalue weighted by molar-refractivity contribution is 0.355. The van der Waals surface area contributed by atoms with Crippen molar-refractivity contribution in [3.05, 3.63) is 65.2 Å². The van der Waals surface area contributed by atoms with Gasteiger partial charge in [-0.1, -0.05) is 42.5 Å². The highest BCUT2D eigenvalue weighted by molar-refractivity contribution is 5.97. The van der Waals surface area contributed by atoms with Gasteiger partial charge in [0.25, 0.3) is 0 Å². The fraction of sp³-hybridized carbons (Fsp3) is 0.111. The number of allylic oxidation sites excluding steroid dienone is 2. The largest absolute Gasteiger partial charge is 0.493 e. The number of rotatable bonds is 3. The van der Waals surface area contributed by atoms with Crippen molar-refractivity contribution in [2.24, 2.45) is 0 Å². The van der Waals surface area contributed by atoms with Gasteiger partial charge < -0.3 is 9.47 Å². The first-order chi connectivity index (χ1) is 9.81. The van der Waals surface area contributed by atoms with Crippen LogP contribution in [0.1, 0.15) is 16.7 Å². The van der Waals surface area contributed by atoms with Gasteiger partial charge in [-0.2, -0.15) is 0 Å². The van der Waals surface area contributed by atoms with Gasteiger partial charge in [0.15, 0.2) is 11.5 Å².